The lowest BCUT2D eigenvalue weighted by molar-refractivity contribution is 0.104. The SMILES string of the molecule is Cc1nc(=O)oc2cc(C(=O)C=Cc3ccc(O)cc3)ccc12. The highest BCUT2D eigenvalue weighted by Crippen LogP contribution is 2.18. The van der Waals surface area contributed by atoms with Gasteiger partial charge in [0.15, 0.2) is 5.78 Å². The summed E-state index contributed by atoms with van der Waals surface area (Å²) in [7, 11) is 0. The van der Waals surface area contributed by atoms with E-state index >= 15 is 0 Å². The minimum atomic E-state index is -0.681. The Kier molecular flexibility index (Phi) is 3.76. The molecule has 5 nitrogen and oxygen atoms in total. The van der Waals surface area contributed by atoms with E-state index in [9.17, 15) is 14.7 Å². The second kappa shape index (κ2) is 5.88. The third-order valence-electron chi connectivity index (χ3n) is 3.43. The van der Waals surface area contributed by atoms with Crippen LogP contribution in [-0.4, -0.2) is 15.9 Å². The Morgan fingerprint density at radius 2 is 1.91 bits per heavy atom. The number of fused-ring (bicyclic) bond motifs is 1. The van der Waals surface area contributed by atoms with Gasteiger partial charge in [-0.25, -0.2) is 4.79 Å². The number of nitrogens with zero attached hydrogens (tertiary/aromatic N) is 1. The maximum absolute atomic E-state index is 12.2. The van der Waals surface area contributed by atoms with Crippen molar-refractivity contribution in [3.63, 3.8) is 0 Å². The van der Waals surface area contributed by atoms with Crippen molar-refractivity contribution in [2.75, 3.05) is 0 Å². The van der Waals surface area contributed by atoms with E-state index in [2.05, 4.69) is 4.98 Å². The molecule has 0 aliphatic heterocycles. The summed E-state index contributed by atoms with van der Waals surface area (Å²) < 4.78 is 5.04. The molecule has 0 aliphatic carbocycles. The molecule has 0 spiro atoms. The van der Waals surface area contributed by atoms with Gasteiger partial charge in [-0.05, 0) is 42.8 Å². The highest BCUT2D eigenvalue weighted by Gasteiger charge is 2.08. The number of phenols is 1. The summed E-state index contributed by atoms with van der Waals surface area (Å²) in [6.45, 7) is 1.71. The first-order valence-electron chi connectivity index (χ1n) is 6.96. The van der Waals surface area contributed by atoms with Gasteiger partial charge in [0, 0.05) is 10.9 Å². The van der Waals surface area contributed by atoms with Crippen molar-refractivity contribution in [2.45, 2.75) is 6.92 Å². The molecule has 1 N–H and O–H groups in total. The number of hydrogen-bond donors (Lipinski definition) is 1. The molecule has 0 bridgehead atoms. The summed E-state index contributed by atoms with van der Waals surface area (Å²) in [6.07, 6.45) is 3.08. The summed E-state index contributed by atoms with van der Waals surface area (Å²) in [6, 6.07) is 11.4. The average Bonchev–Trinajstić information content (AvgIpc) is 2.53. The molecule has 0 saturated carbocycles. The van der Waals surface area contributed by atoms with Gasteiger partial charge in [-0.3, -0.25) is 4.79 Å². The minimum absolute atomic E-state index is 0.169. The number of rotatable bonds is 3. The van der Waals surface area contributed by atoms with Gasteiger partial charge in [0.1, 0.15) is 11.3 Å². The number of carbonyl (C=O) groups excluding carboxylic acids is 1. The van der Waals surface area contributed by atoms with Gasteiger partial charge >= 0.3 is 5.76 Å². The Hall–Kier alpha value is -3.21. The van der Waals surface area contributed by atoms with E-state index in [-0.39, 0.29) is 11.5 Å². The molecule has 114 valence electrons. The molecule has 1 heterocycles. The van der Waals surface area contributed by atoms with Crippen molar-refractivity contribution >= 4 is 22.8 Å². The van der Waals surface area contributed by atoms with E-state index in [1.54, 1.807) is 49.4 Å². The predicted octanol–water partition coefficient (Wildman–Crippen LogP) is 3.10. The van der Waals surface area contributed by atoms with Crippen LogP contribution < -0.4 is 5.76 Å². The van der Waals surface area contributed by atoms with Crippen molar-refractivity contribution in [2.24, 2.45) is 0 Å². The molecule has 1 aromatic heterocycles. The number of aromatic hydroxyl groups is 1. The lowest BCUT2D eigenvalue weighted by Crippen LogP contribution is -2.06. The normalized spacial score (nSPS) is 11.2. The van der Waals surface area contributed by atoms with E-state index in [0.717, 1.165) is 5.56 Å². The van der Waals surface area contributed by atoms with E-state index in [0.29, 0.717) is 22.2 Å². The minimum Gasteiger partial charge on any atom is -0.508 e. The first-order valence-corrected chi connectivity index (χ1v) is 6.96. The summed E-state index contributed by atoms with van der Waals surface area (Å²) in [5, 5.41) is 9.92. The monoisotopic (exact) mass is 307 g/mol. The van der Waals surface area contributed by atoms with Crippen LogP contribution in [0.25, 0.3) is 17.0 Å². The molecule has 3 rings (SSSR count). The second-order valence-corrected chi connectivity index (χ2v) is 5.07. The highest BCUT2D eigenvalue weighted by atomic mass is 16.4. The molecule has 5 heteroatoms. The fourth-order valence-corrected chi connectivity index (χ4v) is 2.23. The maximum Gasteiger partial charge on any atom is 0.439 e. The number of ketones is 1. The Morgan fingerprint density at radius 1 is 1.17 bits per heavy atom. The quantitative estimate of drug-likeness (QED) is 0.594. The topological polar surface area (TPSA) is 80.4 Å². The van der Waals surface area contributed by atoms with Gasteiger partial charge in [0.2, 0.25) is 0 Å². The molecule has 2 aromatic carbocycles. The number of allylic oxidation sites excluding steroid dienone is 1. The molecular formula is C18H13NO4. The zero-order valence-corrected chi connectivity index (χ0v) is 12.3. The maximum atomic E-state index is 12.2. The summed E-state index contributed by atoms with van der Waals surface area (Å²) in [4.78, 5) is 27.3. The lowest BCUT2D eigenvalue weighted by atomic mass is 10.1. The smallest absolute Gasteiger partial charge is 0.439 e. The molecule has 0 saturated heterocycles. The third kappa shape index (κ3) is 3.18. The molecule has 0 aliphatic rings. The molecule has 3 aromatic rings. The van der Waals surface area contributed by atoms with Crippen LogP contribution in [0.15, 0.2) is 57.8 Å². The summed E-state index contributed by atoms with van der Waals surface area (Å²) in [5.74, 6) is -0.724. The number of aryl methyl sites for hydroxylation is 1. The molecule has 0 fully saturated rings. The van der Waals surface area contributed by atoms with Crippen LogP contribution in [0.2, 0.25) is 0 Å². The number of phenolic OH excluding ortho intramolecular Hbond substituents is 1. The Morgan fingerprint density at radius 3 is 2.65 bits per heavy atom. The fraction of sp³-hybridized carbons (Fsp3) is 0.0556. The van der Waals surface area contributed by atoms with Gasteiger partial charge in [0.05, 0.1) is 5.69 Å². The standard InChI is InChI=1S/C18H13NO4/c1-11-15-8-5-13(10-17(15)23-18(22)19-11)16(21)9-4-12-2-6-14(20)7-3-12/h2-10,20H,1H3. The van der Waals surface area contributed by atoms with E-state index in [1.807, 2.05) is 0 Å². The zero-order chi connectivity index (χ0) is 16.4. The van der Waals surface area contributed by atoms with Gasteiger partial charge in [-0.1, -0.05) is 24.3 Å². The summed E-state index contributed by atoms with van der Waals surface area (Å²) in [5.41, 5.74) is 2.12. The van der Waals surface area contributed by atoms with Crippen molar-refractivity contribution in [1.29, 1.82) is 0 Å². The highest BCUT2D eigenvalue weighted by molar-refractivity contribution is 6.08. The second-order valence-electron chi connectivity index (χ2n) is 5.07. The van der Waals surface area contributed by atoms with Crippen molar-refractivity contribution in [3.8, 4) is 5.75 Å². The number of carbonyl (C=O) groups is 1. The van der Waals surface area contributed by atoms with Gasteiger partial charge in [-0.2, -0.15) is 4.98 Å². The average molecular weight is 307 g/mol. The van der Waals surface area contributed by atoms with Gasteiger partial charge in [0.25, 0.3) is 0 Å². The number of hydrogen-bond acceptors (Lipinski definition) is 5. The predicted molar refractivity (Wildman–Crippen MR) is 86.5 cm³/mol. The van der Waals surface area contributed by atoms with Crippen LogP contribution >= 0.6 is 0 Å². The van der Waals surface area contributed by atoms with E-state index in [1.165, 1.54) is 12.1 Å². The molecule has 0 atom stereocenters. The molecule has 0 unspecified atom stereocenters. The van der Waals surface area contributed by atoms with Crippen LogP contribution in [0.1, 0.15) is 21.6 Å². The van der Waals surface area contributed by atoms with Gasteiger partial charge < -0.3 is 9.52 Å². The number of aromatic nitrogens is 1. The Balaban J connectivity index is 1.91. The van der Waals surface area contributed by atoms with Crippen LogP contribution in [-0.2, 0) is 0 Å². The van der Waals surface area contributed by atoms with Crippen molar-refractivity contribution in [3.05, 3.63) is 75.9 Å². The van der Waals surface area contributed by atoms with E-state index in [4.69, 9.17) is 4.42 Å². The van der Waals surface area contributed by atoms with E-state index < -0.39 is 5.76 Å². The first kappa shape index (κ1) is 14.7. The zero-order valence-electron chi connectivity index (χ0n) is 12.3. The van der Waals surface area contributed by atoms with Crippen LogP contribution in [0.5, 0.6) is 5.75 Å². The van der Waals surface area contributed by atoms with Crippen molar-refractivity contribution in [1.82, 2.24) is 4.98 Å². The van der Waals surface area contributed by atoms with Crippen LogP contribution in [0.3, 0.4) is 0 Å². The molecule has 0 amide bonds. The van der Waals surface area contributed by atoms with Crippen LogP contribution in [0, 0.1) is 6.92 Å². The first-order chi connectivity index (χ1) is 11.0. The lowest BCUT2D eigenvalue weighted by Gasteiger charge is -2.01. The third-order valence-corrected chi connectivity index (χ3v) is 3.43. The number of benzene rings is 2. The fourth-order valence-electron chi connectivity index (χ4n) is 2.23. The molecule has 23 heavy (non-hydrogen) atoms. The van der Waals surface area contributed by atoms with Crippen molar-refractivity contribution < 1.29 is 14.3 Å². The Bertz CT molecular complexity index is 968. The molecule has 0 radical (unpaired) electrons. The Labute approximate surface area is 131 Å². The summed E-state index contributed by atoms with van der Waals surface area (Å²) >= 11 is 0. The largest absolute Gasteiger partial charge is 0.508 e. The molecular weight excluding hydrogens is 294 g/mol. The van der Waals surface area contributed by atoms with Gasteiger partial charge in [-0.15, -0.1) is 0 Å². The van der Waals surface area contributed by atoms with Crippen LogP contribution in [0.4, 0.5) is 0 Å².